The van der Waals surface area contributed by atoms with Crippen LogP contribution in [-0.4, -0.2) is 51.8 Å². The van der Waals surface area contributed by atoms with Crippen molar-refractivity contribution in [2.45, 2.75) is 12.1 Å². The van der Waals surface area contributed by atoms with E-state index in [-0.39, 0.29) is 17.2 Å². The highest BCUT2D eigenvalue weighted by molar-refractivity contribution is 7.99. The molecular formula is C21H20N4O4S. The van der Waals surface area contributed by atoms with Gasteiger partial charge in [-0.25, -0.2) is 9.78 Å². The Morgan fingerprint density at radius 3 is 2.63 bits per heavy atom. The van der Waals surface area contributed by atoms with Gasteiger partial charge in [0.05, 0.1) is 29.0 Å². The zero-order chi connectivity index (χ0) is 21.1. The molecule has 3 amide bonds. The number of imide groups is 1. The molecule has 1 aliphatic rings. The molecule has 154 valence electrons. The van der Waals surface area contributed by atoms with Crippen molar-refractivity contribution in [1.29, 1.82) is 0 Å². The molecule has 0 saturated carbocycles. The average molecular weight is 424 g/mol. The zero-order valence-electron chi connectivity index (χ0n) is 16.3. The van der Waals surface area contributed by atoms with Crippen LogP contribution in [0.1, 0.15) is 6.92 Å². The van der Waals surface area contributed by atoms with E-state index in [1.165, 1.54) is 9.47 Å². The number of rotatable bonds is 6. The molecule has 30 heavy (non-hydrogen) atoms. The minimum atomic E-state index is -0.393. The Bertz CT molecular complexity index is 1160. The number of hydrogen-bond donors (Lipinski definition) is 1. The Morgan fingerprint density at radius 1 is 1.17 bits per heavy atom. The Balaban J connectivity index is 1.71. The van der Waals surface area contributed by atoms with Crippen LogP contribution >= 0.6 is 11.8 Å². The van der Waals surface area contributed by atoms with E-state index in [9.17, 15) is 14.4 Å². The third-order valence-corrected chi connectivity index (χ3v) is 5.56. The minimum absolute atomic E-state index is 0.00473. The Morgan fingerprint density at radius 2 is 1.93 bits per heavy atom. The fourth-order valence-electron chi connectivity index (χ4n) is 3.21. The number of carbonyl (C=O) groups excluding carboxylic acids is 2. The number of thioether (sulfide) groups is 1. The van der Waals surface area contributed by atoms with Crippen molar-refractivity contribution in [2.75, 3.05) is 25.4 Å². The first-order valence-corrected chi connectivity index (χ1v) is 10.5. The van der Waals surface area contributed by atoms with Crippen molar-refractivity contribution in [3.05, 3.63) is 58.9 Å². The van der Waals surface area contributed by atoms with Gasteiger partial charge in [0.25, 0.3) is 5.56 Å². The number of ether oxygens (including phenoxy) is 1. The molecule has 1 aliphatic heterocycles. The predicted molar refractivity (Wildman–Crippen MR) is 114 cm³/mol. The van der Waals surface area contributed by atoms with E-state index in [0.717, 1.165) is 11.8 Å². The van der Waals surface area contributed by atoms with E-state index in [1.807, 2.05) is 13.0 Å². The van der Waals surface area contributed by atoms with E-state index in [2.05, 4.69) is 10.3 Å². The zero-order valence-corrected chi connectivity index (χ0v) is 17.1. The number of fused-ring (bicyclic) bond motifs is 1. The summed E-state index contributed by atoms with van der Waals surface area (Å²) in [6.45, 7) is 3.23. The van der Waals surface area contributed by atoms with Gasteiger partial charge in [-0.1, -0.05) is 23.9 Å². The minimum Gasteiger partial charge on any atom is -0.494 e. The van der Waals surface area contributed by atoms with Crippen molar-refractivity contribution < 1.29 is 14.3 Å². The molecule has 0 radical (unpaired) electrons. The van der Waals surface area contributed by atoms with Crippen LogP contribution in [0.25, 0.3) is 16.6 Å². The maximum atomic E-state index is 13.2. The summed E-state index contributed by atoms with van der Waals surface area (Å²) in [5.41, 5.74) is 0.952. The number of carbonyl (C=O) groups is 2. The van der Waals surface area contributed by atoms with E-state index >= 15 is 0 Å². The van der Waals surface area contributed by atoms with Gasteiger partial charge in [0.1, 0.15) is 5.75 Å². The van der Waals surface area contributed by atoms with Gasteiger partial charge in [0, 0.05) is 13.1 Å². The molecule has 4 rings (SSSR count). The van der Waals surface area contributed by atoms with Crippen LogP contribution in [0.4, 0.5) is 4.79 Å². The molecule has 2 heterocycles. The number of nitrogens with zero attached hydrogens (tertiary/aromatic N) is 3. The molecule has 1 N–H and O–H groups in total. The monoisotopic (exact) mass is 424 g/mol. The Labute approximate surface area is 176 Å². The van der Waals surface area contributed by atoms with Crippen LogP contribution in [0.3, 0.4) is 0 Å². The van der Waals surface area contributed by atoms with Crippen LogP contribution in [0, 0.1) is 0 Å². The van der Waals surface area contributed by atoms with Crippen LogP contribution in [0.15, 0.2) is 58.5 Å². The van der Waals surface area contributed by atoms with Crippen molar-refractivity contribution in [2.24, 2.45) is 0 Å². The first kappa shape index (κ1) is 20.0. The lowest BCUT2D eigenvalue weighted by Crippen LogP contribution is -2.35. The SMILES string of the molecule is CCOc1ccc(-n2c(SCC(=O)N3CCNC3=O)nc3ccccc3c2=O)cc1. The van der Waals surface area contributed by atoms with Crippen LogP contribution in [-0.2, 0) is 4.79 Å². The van der Waals surface area contributed by atoms with Gasteiger partial charge in [0.2, 0.25) is 5.91 Å². The summed E-state index contributed by atoms with van der Waals surface area (Å²) in [4.78, 5) is 43.2. The van der Waals surface area contributed by atoms with E-state index in [4.69, 9.17) is 4.74 Å². The number of aromatic nitrogens is 2. The predicted octanol–water partition coefficient (Wildman–Crippen LogP) is 2.43. The van der Waals surface area contributed by atoms with Gasteiger partial charge in [-0.15, -0.1) is 0 Å². The molecule has 0 atom stereocenters. The summed E-state index contributed by atoms with van der Waals surface area (Å²) in [7, 11) is 0. The van der Waals surface area contributed by atoms with Crippen molar-refractivity contribution in [3.63, 3.8) is 0 Å². The summed E-state index contributed by atoms with van der Waals surface area (Å²) in [5, 5.41) is 3.48. The quantitative estimate of drug-likeness (QED) is 0.483. The maximum absolute atomic E-state index is 13.2. The van der Waals surface area contributed by atoms with Crippen molar-refractivity contribution >= 4 is 34.6 Å². The standard InChI is InChI=1S/C21H20N4O4S/c1-2-29-15-9-7-14(8-10-15)25-19(27)16-5-3-4-6-17(16)23-21(25)30-13-18(26)24-12-11-22-20(24)28/h3-10H,2,11-13H2,1H3,(H,22,28). The number of hydrogen-bond acceptors (Lipinski definition) is 6. The first-order valence-electron chi connectivity index (χ1n) is 9.54. The second kappa shape index (κ2) is 8.58. The number of para-hydroxylation sites is 1. The number of benzene rings is 2. The third-order valence-electron chi connectivity index (χ3n) is 4.63. The molecule has 1 aromatic heterocycles. The fourth-order valence-corrected chi connectivity index (χ4v) is 4.10. The summed E-state index contributed by atoms with van der Waals surface area (Å²) in [6, 6.07) is 13.8. The van der Waals surface area contributed by atoms with E-state index < -0.39 is 6.03 Å². The Kier molecular flexibility index (Phi) is 5.71. The van der Waals surface area contributed by atoms with Gasteiger partial charge in [-0.3, -0.25) is 19.1 Å². The van der Waals surface area contributed by atoms with Crippen LogP contribution < -0.4 is 15.6 Å². The van der Waals surface area contributed by atoms with Crippen molar-refractivity contribution in [3.8, 4) is 11.4 Å². The van der Waals surface area contributed by atoms with Gasteiger partial charge in [-0.2, -0.15) is 0 Å². The molecule has 2 aromatic carbocycles. The largest absolute Gasteiger partial charge is 0.494 e. The van der Waals surface area contributed by atoms with Crippen LogP contribution in [0.2, 0.25) is 0 Å². The number of urea groups is 1. The highest BCUT2D eigenvalue weighted by Gasteiger charge is 2.26. The highest BCUT2D eigenvalue weighted by atomic mass is 32.2. The lowest BCUT2D eigenvalue weighted by atomic mass is 10.2. The molecule has 1 fully saturated rings. The topological polar surface area (TPSA) is 93.5 Å². The van der Waals surface area contributed by atoms with E-state index in [1.54, 1.807) is 42.5 Å². The fraction of sp³-hybridized carbons (Fsp3) is 0.238. The van der Waals surface area contributed by atoms with Gasteiger partial charge in [-0.05, 0) is 43.3 Å². The third kappa shape index (κ3) is 3.88. The van der Waals surface area contributed by atoms with Gasteiger partial charge >= 0.3 is 6.03 Å². The van der Waals surface area contributed by atoms with Crippen LogP contribution in [0.5, 0.6) is 5.75 Å². The number of amides is 3. The molecule has 0 spiro atoms. The molecule has 0 bridgehead atoms. The number of nitrogens with one attached hydrogen (secondary N) is 1. The van der Waals surface area contributed by atoms with Gasteiger partial charge in [0.15, 0.2) is 5.16 Å². The van der Waals surface area contributed by atoms with Crippen molar-refractivity contribution in [1.82, 2.24) is 19.8 Å². The lowest BCUT2D eigenvalue weighted by molar-refractivity contribution is -0.124. The second-order valence-corrected chi connectivity index (χ2v) is 7.49. The summed E-state index contributed by atoms with van der Waals surface area (Å²) >= 11 is 1.13. The summed E-state index contributed by atoms with van der Waals surface area (Å²) in [5.74, 6) is 0.373. The molecule has 0 aliphatic carbocycles. The molecule has 0 unspecified atom stereocenters. The summed E-state index contributed by atoms with van der Waals surface area (Å²) < 4.78 is 6.96. The highest BCUT2D eigenvalue weighted by Crippen LogP contribution is 2.23. The lowest BCUT2D eigenvalue weighted by Gasteiger charge is -2.15. The second-order valence-electron chi connectivity index (χ2n) is 6.54. The maximum Gasteiger partial charge on any atom is 0.324 e. The van der Waals surface area contributed by atoms with E-state index in [0.29, 0.717) is 47.2 Å². The molecule has 9 heteroatoms. The first-order chi connectivity index (χ1) is 14.6. The molecule has 8 nitrogen and oxygen atoms in total. The summed E-state index contributed by atoms with van der Waals surface area (Å²) in [6.07, 6.45) is 0. The normalized spacial score (nSPS) is 13.5. The molecular weight excluding hydrogens is 404 g/mol. The van der Waals surface area contributed by atoms with Gasteiger partial charge < -0.3 is 10.1 Å². The average Bonchev–Trinajstić information content (AvgIpc) is 3.19. The molecule has 1 saturated heterocycles. The Hall–Kier alpha value is -3.33. The molecule has 3 aromatic rings. The smallest absolute Gasteiger partial charge is 0.324 e.